The number of imidazole rings is 1. The molecule has 0 aliphatic rings. The van der Waals surface area contributed by atoms with Gasteiger partial charge in [0.2, 0.25) is 0 Å². The number of nitriles is 1. The molecule has 126 valence electrons. The van der Waals surface area contributed by atoms with Crippen molar-refractivity contribution < 1.29 is 4.74 Å². The van der Waals surface area contributed by atoms with Gasteiger partial charge >= 0.3 is 0 Å². The Bertz CT molecular complexity index is 933. The van der Waals surface area contributed by atoms with Gasteiger partial charge in [0.1, 0.15) is 17.6 Å². The number of benzene rings is 2. The summed E-state index contributed by atoms with van der Waals surface area (Å²) in [4.78, 5) is 7.67. The maximum absolute atomic E-state index is 9.52. The lowest BCUT2D eigenvalue weighted by atomic mass is 10.1. The van der Waals surface area contributed by atoms with Crippen LogP contribution in [0.1, 0.15) is 25.2 Å². The number of rotatable bonds is 5. The van der Waals surface area contributed by atoms with E-state index in [9.17, 15) is 5.26 Å². The number of aromatic amines is 1. The summed E-state index contributed by atoms with van der Waals surface area (Å²) in [5, 5.41) is 9.52. The lowest BCUT2D eigenvalue weighted by Crippen LogP contribution is -2.04. The second-order valence-corrected chi connectivity index (χ2v) is 7.02. The fourth-order valence-corrected chi connectivity index (χ4v) is 2.89. The fourth-order valence-electron chi connectivity index (χ4n) is 2.38. The molecule has 0 unspecified atom stereocenters. The monoisotopic (exact) mass is 395 g/mol. The molecule has 4 nitrogen and oxygen atoms in total. The Morgan fingerprint density at radius 2 is 2.12 bits per heavy atom. The number of nitrogens with zero attached hydrogens (tertiary/aromatic N) is 2. The smallest absolute Gasteiger partial charge is 0.149 e. The molecule has 0 bridgehead atoms. The largest absolute Gasteiger partial charge is 0.492 e. The fraction of sp³-hybridized carbons (Fsp3) is 0.200. The SMILES string of the molecule is CC(C)COc1ccc(/C=C(\C#N)c2nc3ccccc3[nH]2)cc1Br. The molecule has 0 saturated heterocycles. The van der Waals surface area contributed by atoms with Gasteiger partial charge in [-0.2, -0.15) is 5.26 Å². The van der Waals surface area contributed by atoms with E-state index in [1.807, 2.05) is 48.5 Å². The maximum atomic E-state index is 9.52. The van der Waals surface area contributed by atoms with Gasteiger partial charge in [-0.05, 0) is 57.8 Å². The van der Waals surface area contributed by atoms with Crippen molar-refractivity contribution in [3.8, 4) is 11.8 Å². The first-order chi connectivity index (χ1) is 12.1. The molecule has 25 heavy (non-hydrogen) atoms. The Kier molecular flexibility index (Phi) is 5.20. The van der Waals surface area contributed by atoms with Crippen molar-refractivity contribution in [1.29, 1.82) is 5.26 Å². The zero-order chi connectivity index (χ0) is 17.8. The third-order valence-corrected chi connectivity index (χ3v) is 4.22. The third kappa shape index (κ3) is 4.09. The van der Waals surface area contributed by atoms with E-state index in [0.29, 0.717) is 23.9 Å². The average Bonchev–Trinajstić information content (AvgIpc) is 3.02. The van der Waals surface area contributed by atoms with Gasteiger partial charge in [-0.15, -0.1) is 0 Å². The van der Waals surface area contributed by atoms with Crippen LogP contribution in [0.2, 0.25) is 0 Å². The molecular weight excluding hydrogens is 378 g/mol. The molecule has 0 atom stereocenters. The van der Waals surface area contributed by atoms with Crippen LogP contribution >= 0.6 is 15.9 Å². The topological polar surface area (TPSA) is 61.7 Å². The van der Waals surface area contributed by atoms with Crippen LogP contribution in [0, 0.1) is 17.2 Å². The lowest BCUT2D eigenvalue weighted by Gasteiger charge is -2.10. The minimum absolute atomic E-state index is 0.463. The third-order valence-electron chi connectivity index (χ3n) is 3.60. The summed E-state index contributed by atoms with van der Waals surface area (Å²) in [6.45, 7) is 4.88. The number of fused-ring (bicyclic) bond motifs is 1. The highest BCUT2D eigenvalue weighted by atomic mass is 79.9. The van der Waals surface area contributed by atoms with Crippen molar-refractivity contribution in [1.82, 2.24) is 9.97 Å². The van der Waals surface area contributed by atoms with Crippen molar-refractivity contribution in [3.63, 3.8) is 0 Å². The molecule has 1 heterocycles. The Labute approximate surface area is 155 Å². The maximum Gasteiger partial charge on any atom is 0.149 e. The van der Waals surface area contributed by atoms with E-state index in [2.05, 4.69) is 45.8 Å². The van der Waals surface area contributed by atoms with Gasteiger partial charge in [-0.25, -0.2) is 4.98 Å². The molecule has 0 fully saturated rings. The molecule has 0 saturated carbocycles. The second-order valence-electron chi connectivity index (χ2n) is 6.17. The quantitative estimate of drug-likeness (QED) is 0.586. The molecular formula is C20H18BrN3O. The van der Waals surface area contributed by atoms with Gasteiger partial charge in [0, 0.05) is 0 Å². The summed E-state index contributed by atoms with van der Waals surface area (Å²) < 4.78 is 6.62. The normalized spacial score (nSPS) is 11.7. The van der Waals surface area contributed by atoms with Crippen molar-refractivity contribution in [2.45, 2.75) is 13.8 Å². The van der Waals surface area contributed by atoms with E-state index >= 15 is 0 Å². The van der Waals surface area contributed by atoms with Crippen molar-refractivity contribution in [2.24, 2.45) is 5.92 Å². The summed E-state index contributed by atoms with van der Waals surface area (Å²) >= 11 is 3.53. The Morgan fingerprint density at radius 3 is 2.80 bits per heavy atom. The minimum Gasteiger partial charge on any atom is -0.492 e. The van der Waals surface area contributed by atoms with Gasteiger partial charge in [0.25, 0.3) is 0 Å². The summed E-state index contributed by atoms with van der Waals surface area (Å²) in [6, 6.07) is 15.7. The molecule has 3 aromatic rings. The number of H-pyrrole nitrogens is 1. The van der Waals surface area contributed by atoms with Crippen LogP contribution in [0.5, 0.6) is 5.75 Å². The van der Waals surface area contributed by atoms with Crippen LogP contribution in [-0.2, 0) is 0 Å². The number of ether oxygens (including phenoxy) is 1. The summed E-state index contributed by atoms with van der Waals surface area (Å²) in [5.74, 6) is 1.83. The molecule has 0 spiro atoms. The van der Waals surface area contributed by atoms with E-state index in [1.165, 1.54) is 0 Å². The summed E-state index contributed by atoms with van der Waals surface area (Å²) in [6.07, 6.45) is 1.81. The molecule has 1 N–H and O–H groups in total. The number of nitrogens with one attached hydrogen (secondary N) is 1. The van der Waals surface area contributed by atoms with Gasteiger partial charge < -0.3 is 9.72 Å². The molecule has 0 aliphatic heterocycles. The van der Waals surface area contributed by atoms with Crippen LogP contribution in [0.3, 0.4) is 0 Å². The first kappa shape index (κ1) is 17.2. The van der Waals surface area contributed by atoms with Crippen LogP contribution < -0.4 is 4.74 Å². The van der Waals surface area contributed by atoms with E-state index in [-0.39, 0.29) is 0 Å². The number of aromatic nitrogens is 2. The van der Waals surface area contributed by atoms with Crippen molar-refractivity contribution >= 4 is 38.6 Å². The number of para-hydroxylation sites is 2. The number of hydrogen-bond acceptors (Lipinski definition) is 3. The molecule has 3 rings (SSSR count). The molecule has 0 amide bonds. The van der Waals surface area contributed by atoms with E-state index in [1.54, 1.807) is 0 Å². The summed E-state index contributed by atoms with van der Waals surface area (Å²) in [7, 11) is 0. The molecule has 1 aromatic heterocycles. The van der Waals surface area contributed by atoms with E-state index < -0.39 is 0 Å². The van der Waals surface area contributed by atoms with E-state index in [4.69, 9.17) is 4.74 Å². The molecule has 2 aromatic carbocycles. The highest BCUT2D eigenvalue weighted by Gasteiger charge is 2.09. The van der Waals surface area contributed by atoms with Crippen LogP contribution in [0.25, 0.3) is 22.7 Å². The predicted molar refractivity (Wildman–Crippen MR) is 104 cm³/mol. The highest BCUT2D eigenvalue weighted by Crippen LogP contribution is 2.28. The number of halogens is 1. The van der Waals surface area contributed by atoms with E-state index in [0.717, 1.165) is 26.8 Å². The second kappa shape index (κ2) is 7.54. The zero-order valence-electron chi connectivity index (χ0n) is 14.1. The molecule has 5 heteroatoms. The lowest BCUT2D eigenvalue weighted by molar-refractivity contribution is 0.269. The predicted octanol–water partition coefficient (Wildman–Crippen LogP) is 5.42. The number of allylic oxidation sites excluding steroid dienone is 1. The Balaban J connectivity index is 1.89. The van der Waals surface area contributed by atoms with Gasteiger partial charge in [0.05, 0.1) is 27.7 Å². The van der Waals surface area contributed by atoms with Crippen LogP contribution in [0.15, 0.2) is 46.9 Å². The van der Waals surface area contributed by atoms with Gasteiger partial charge in [-0.3, -0.25) is 0 Å². The highest BCUT2D eigenvalue weighted by molar-refractivity contribution is 9.10. The standard InChI is InChI=1S/C20H18BrN3O/c1-13(2)12-25-19-8-7-14(10-16(19)21)9-15(11-22)20-23-17-5-3-4-6-18(17)24-20/h3-10,13H,12H2,1-2H3,(H,23,24)/b15-9+. The Hall–Kier alpha value is -2.58. The first-order valence-corrected chi connectivity index (χ1v) is 8.85. The van der Waals surface area contributed by atoms with Crippen molar-refractivity contribution in [3.05, 3.63) is 58.3 Å². The zero-order valence-corrected chi connectivity index (χ0v) is 15.7. The summed E-state index contributed by atoms with van der Waals surface area (Å²) in [5.41, 5.74) is 3.15. The molecule has 0 aliphatic carbocycles. The molecule has 0 radical (unpaired) electrons. The average molecular weight is 396 g/mol. The van der Waals surface area contributed by atoms with Crippen LogP contribution in [-0.4, -0.2) is 16.6 Å². The number of hydrogen-bond donors (Lipinski definition) is 1. The minimum atomic E-state index is 0.463. The van der Waals surface area contributed by atoms with Gasteiger partial charge in [0.15, 0.2) is 0 Å². The van der Waals surface area contributed by atoms with Crippen molar-refractivity contribution in [2.75, 3.05) is 6.61 Å². The Morgan fingerprint density at radius 1 is 1.32 bits per heavy atom. The van der Waals surface area contributed by atoms with Gasteiger partial charge in [-0.1, -0.05) is 32.0 Å². The first-order valence-electron chi connectivity index (χ1n) is 8.06. The van der Waals surface area contributed by atoms with Crippen LogP contribution in [0.4, 0.5) is 0 Å².